The van der Waals surface area contributed by atoms with Crippen molar-refractivity contribution in [1.82, 2.24) is 0 Å². The van der Waals surface area contributed by atoms with E-state index in [1.807, 2.05) is 30.3 Å². The molecule has 2 aromatic rings. The summed E-state index contributed by atoms with van der Waals surface area (Å²) >= 11 is 0. The number of carbonyl (C=O) groups is 1. The van der Waals surface area contributed by atoms with E-state index >= 15 is 0 Å². The van der Waals surface area contributed by atoms with E-state index in [0.29, 0.717) is 17.2 Å². The molecule has 0 saturated carbocycles. The number of nitrogens with one attached hydrogen (secondary N) is 1. The third-order valence-electron chi connectivity index (χ3n) is 3.70. The molecule has 0 bridgehead atoms. The second kappa shape index (κ2) is 8.00. The highest BCUT2D eigenvalue weighted by atomic mass is 16.5. The first kappa shape index (κ1) is 16.6. The fraction of sp³-hybridized carbons (Fsp3) is 0.263. The molecular weight excluding hydrogens is 288 g/mol. The van der Waals surface area contributed by atoms with Crippen LogP contribution in [0.3, 0.4) is 0 Å². The normalized spacial score (nSPS) is 11.3. The van der Waals surface area contributed by atoms with Gasteiger partial charge in [-0.1, -0.05) is 38.1 Å². The van der Waals surface area contributed by atoms with Crippen molar-refractivity contribution in [2.24, 2.45) is 0 Å². The Balaban J connectivity index is 1.98. The summed E-state index contributed by atoms with van der Waals surface area (Å²) in [6, 6.07) is 16.6. The average Bonchev–Trinajstić information content (AvgIpc) is 2.59. The van der Waals surface area contributed by atoms with Crippen LogP contribution in [0.1, 0.15) is 37.3 Å². The summed E-state index contributed by atoms with van der Waals surface area (Å²) in [7, 11) is 0. The largest absolute Gasteiger partial charge is 0.483 e. The van der Waals surface area contributed by atoms with Gasteiger partial charge in [-0.3, -0.25) is 4.79 Å². The van der Waals surface area contributed by atoms with Crippen molar-refractivity contribution >= 4 is 11.6 Å². The highest BCUT2D eigenvalue weighted by Crippen LogP contribution is 2.28. The average molecular weight is 308 g/mol. The molecular formula is C19H20N2O2. The van der Waals surface area contributed by atoms with Gasteiger partial charge in [0.2, 0.25) is 0 Å². The van der Waals surface area contributed by atoms with Crippen LogP contribution in [0, 0.1) is 11.3 Å². The van der Waals surface area contributed by atoms with Crippen LogP contribution in [-0.2, 0) is 4.79 Å². The molecule has 0 spiro atoms. The minimum absolute atomic E-state index is 0.0652. The van der Waals surface area contributed by atoms with Crippen molar-refractivity contribution in [2.45, 2.75) is 26.2 Å². The number of rotatable bonds is 6. The lowest BCUT2D eigenvalue weighted by atomic mass is 9.98. The second-order valence-corrected chi connectivity index (χ2v) is 5.38. The zero-order valence-corrected chi connectivity index (χ0v) is 13.4. The number of nitriles is 1. The van der Waals surface area contributed by atoms with Gasteiger partial charge >= 0.3 is 0 Å². The van der Waals surface area contributed by atoms with Gasteiger partial charge in [0.1, 0.15) is 5.75 Å². The summed E-state index contributed by atoms with van der Waals surface area (Å²) in [6.07, 6.45) is 1.01. The predicted molar refractivity (Wildman–Crippen MR) is 90.4 cm³/mol. The number of benzene rings is 2. The van der Waals surface area contributed by atoms with Crippen LogP contribution in [0.25, 0.3) is 0 Å². The molecule has 4 nitrogen and oxygen atoms in total. The summed E-state index contributed by atoms with van der Waals surface area (Å²) in [4.78, 5) is 12.0. The van der Waals surface area contributed by atoms with E-state index in [1.54, 1.807) is 24.3 Å². The summed E-state index contributed by atoms with van der Waals surface area (Å²) in [5, 5.41) is 11.6. The van der Waals surface area contributed by atoms with Crippen molar-refractivity contribution in [3.8, 4) is 11.8 Å². The van der Waals surface area contributed by atoms with E-state index in [0.717, 1.165) is 17.7 Å². The van der Waals surface area contributed by atoms with Crippen LogP contribution in [0.4, 0.5) is 5.69 Å². The summed E-state index contributed by atoms with van der Waals surface area (Å²) < 4.78 is 5.67. The summed E-state index contributed by atoms with van der Waals surface area (Å²) in [5.41, 5.74) is 2.20. The molecule has 0 saturated heterocycles. The van der Waals surface area contributed by atoms with Crippen molar-refractivity contribution in [3.05, 3.63) is 59.7 Å². The van der Waals surface area contributed by atoms with Crippen molar-refractivity contribution in [2.75, 3.05) is 11.9 Å². The molecule has 2 rings (SSSR count). The molecule has 23 heavy (non-hydrogen) atoms. The van der Waals surface area contributed by atoms with Crippen LogP contribution in [0.15, 0.2) is 48.5 Å². The van der Waals surface area contributed by atoms with E-state index in [4.69, 9.17) is 10.00 Å². The topological polar surface area (TPSA) is 62.1 Å². The maximum atomic E-state index is 12.0. The predicted octanol–water partition coefficient (Wildman–Crippen LogP) is 4.09. The van der Waals surface area contributed by atoms with E-state index in [2.05, 4.69) is 19.2 Å². The molecule has 1 amide bonds. The molecule has 0 unspecified atom stereocenters. The Morgan fingerprint density at radius 1 is 1.26 bits per heavy atom. The Hall–Kier alpha value is -2.80. The number of nitrogens with zero attached hydrogens (tertiary/aromatic N) is 1. The fourth-order valence-electron chi connectivity index (χ4n) is 2.25. The van der Waals surface area contributed by atoms with Gasteiger partial charge < -0.3 is 10.1 Å². The smallest absolute Gasteiger partial charge is 0.262 e. The SMILES string of the molecule is CC[C@@H](C)c1ccccc1OCC(=O)Nc1cccc(C#N)c1. The molecule has 0 radical (unpaired) electrons. The Morgan fingerprint density at radius 3 is 2.78 bits per heavy atom. The van der Waals surface area contributed by atoms with Gasteiger partial charge in [0.05, 0.1) is 11.6 Å². The molecule has 2 aromatic carbocycles. The number of anilines is 1. The first-order valence-electron chi connectivity index (χ1n) is 7.65. The van der Waals surface area contributed by atoms with Crippen molar-refractivity contribution in [1.29, 1.82) is 5.26 Å². The molecule has 1 N–H and O–H groups in total. The van der Waals surface area contributed by atoms with Gasteiger partial charge in [-0.05, 0) is 42.2 Å². The maximum absolute atomic E-state index is 12.0. The number of carbonyl (C=O) groups excluding carboxylic acids is 1. The third-order valence-corrected chi connectivity index (χ3v) is 3.70. The maximum Gasteiger partial charge on any atom is 0.262 e. The molecule has 0 aliphatic carbocycles. The number of para-hydroxylation sites is 1. The lowest BCUT2D eigenvalue weighted by Gasteiger charge is -2.15. The van der Waals surface area contributed by atoms with Gasteiger partial charge in [-0.2, -0.15) is 5.26 Å². The van der Waals surface area contributed by atoms with Crippen molar-refractivity contribution < 1.29 is 9.53 Å². The van der Waals surface area contributed by atoms with Gasteiger partial charge in [0.25, 0.3) is 5.91 Å². The van der Waals surface area contributed by atoms with Gasteiger partial charge in [-0.25, -0.2) is 0 Å². The van der Waals surface area contributed by atoms with Gasteiger partial charge in [-0.15, -0.1) is 0 Å². The number of hydrogen-bond acceptors (Lipinski definition) is 3. The van der Waals surface area contributed by atoms with Crippen LogP contribution in [-0.4, -0.2) is 12.5 Å². The summed E-state index contributed by atoms with van der Waals surface area (Å²) in [6.45, 7) is 4.19. The summed E-state index contributed by atoms with van der Waals surface area (Å²) in [5.74, 6) is 0.864. The molecule has 0 aliphatic rings. The molecule has 118 valence electrons. The third kappa shape index (κ3) is 4.58. The van der Waals surface area contributed by atoms with Gasteiger partial charge in [0, 0.05) is 5.69 Å². The minimum Gasteiger partial charge on any atom is -0.483 e. The number of amides is 1. The van der Waals surface area contributed by atoms with Gasteiger partial charge in [0.15, 0.2) is 6.61 Å². The standard InChI is InChI=1S/C19H20N2O2/c1-3-14(2)17-9-4-5-10-18(17)23-13-19(22)21-16-8-6-7-15(11-16)12-20/h4-11,14H,3,13H2,1-2H3,(H,21,22)/t14-/m1/s1. The number of hydrogen-bond donors (Lipinski definition) is 1. The highest BCUT2D eigenvalue weighted by molar-refractivity contribution is 5.92. The quantitative estimate of drug-likeness (QED) is 0.874. The van der Waals surface area contributed by atoms with E-state index < -0.39 is 0 Å². The molecule has 0 aliphatic heterocycles. The van der Waals surface area contributed by atoms with Crippen LogP contribution in [0.5, 0.6) is 5.75 Å². The Labute approximate surface area is 136 Å². The van der Waals surface area contributed by atoms with Crippen LogP contribution < -0.4 is 10.1 Å². The van der Waals surface area contributed by atoms with E-state index in [-0.39, 0.29) is 12.5 Å². The molecule has 4 heteroatoms. The molecule has 1 atom stereocenters. The zero-order valence-electron chi connectivity index (χ0n) is 13.4. The fourth-order valence-corrected chi connectivity index (χ4v) is 2.25. The Morgan fingerprint density at radius 2 is 2.04 bits per heavy atom. The Bertz CT molecular complexity index is 719. The van der Waals surface area contributed by atoms with Crippen LogP contribution >= 0.6 is 0 Å². The number of ether oxygens (including phenoxy) is 1. The molecule has 0 aromatic heterocycles. The van der Waals surface area contributed by atoms with Crippen molar-refractivity contribution in [3.63, 3.8) is 0 Å². The monoisotopic (exact) mass is 308 g/mol. The lowest BCUT2D eigenvalue weighted by Crippen LogP contribution is -2.20. The first-order valence-corrected chi connectivity index (χ1v) is 7.65. The van der Waals surface area contributed by atoms with Crippen LogP contribution in [0.2, 0.25) is 0 Å². The molecule has 0 heterocycles. The van der Waals surface area contributed by atoms with E-state index in [9.17, 15) is 4.79 Å². The zero-order chi connectivity index (χ0) is 16.7. The second-order valence-electron chi connectivity index (χ2n) is 5.38. The highest BCUT2D eigenvalue weighted by Gasteiger charge is 2.11. The Kier molecular flexibility index (Phi) is 5.76. The lowest BCUT2D eigenvalue weighted by molar-refractivity contribution is -0.118. The van der Waals surface area contributed by atoms with E-state index in [1.165, 1.54) is 0 Å². The minimum atomic E-state index is -0.251. The first-order chi connectivity index (χ1) is 11.1. The molecule has 0 fully saturated rings.